The predicted octanol–water partition coefficient (Wildman–Crippen LogP) is 6.04. The number of amides is 2. The number of nitrogens with one attached hydrogen (secondary N) is 2. The first kappa shape index (κ1) is 24.7. The molecule has 1 aliphatic heterocycles. The van der Waals surface area contributed by atoms with Gasteiger partial charge in [0.1, 0.15) is 22.8 Å². The fraction of sp³-hybridized carbons (Fsp3) is 0.115. The second kappa shape index (κ2) is 10.9. The minimum Gasteiger partial charge on any atom is -0.327 e. The Morgan fingerprint density at radius 1 is 1.11 bits per heavy atom. The molecule has 0 saturated carbocycles. The number of carbonyl (C=O) groups excluding carboxylic acids is 2. The normalized spacial score (nSPS) is 15.4. The Bertz CT molecular complexity index is 1340. The quantitative estimate of drug-likeness (QED) is 0.411. The Balaban J connectivity index is 1.66. The molecule has 3 aromatic carbocycles. The molecule has 0 unspecified atom stereocenters. The third kappa shape index (κ3) is 5.63. The lowest BCUT2D eigenvalue weighted by molar-refractivity contribution is -0.118. The number of hydrogen-bond acceptors (Lipinski definition) is 5. The lowest BCUT2D eigenvalue weighted by Gasteiger charge is -2.39. The highest BCUT2D eigenvalue weighted by atomic mass is 35.5. The molecule has 1 heterocycles. The monoisotopic (exact) mass is 522 g/mol. The lowest BCUT2D eigenvalue weighted by Crippen LogP contribution is -2.46. The molecule has 3 aromatic rings. The zero-order chi connectivity index (χ0) is 24.9. The topological polar surface area (TPSA) is 85.2 Å². The van der Waals surface area contributed by atoms with Gasteiger partial charge in [-0.15, -0.1) is 0 Å². The first-order chi connectivity index (χ1) is 16.9. The molecule has 0 radical (unpaired) electrons. The number of nitriles is 1. The average Bonchev–Trinajstić information content (AvgIpc) is 2.85. The number of anilines is 2. The van der Waals surface area contributed by atoms with E-state index in [1.807, 2.05) is 66.4 Å². The Morgan fingerprint density at radius 2 is 1.83 bits per heavy atom. The third-order valence-corrected chi connectivity index (χ3v) is 7.05. The summed E-state index contributed by atoms with van der Waals surface area (Å²) in [6, 6.07) is 23.8. The van der Waals surface area contributed by atoms with Crippen LogP contribution >= 0.6 is 35.0 Å². The van der Waals surface area contributed by atoms with Crippen LogP contribution in [-0.2, 0) is 9.59 Å². The Morgan fingerprint density at radius 3 is 2.49 bits per heavy atom. The number of aryl methyl sites for hydroxylation is 1. The van der Waals surface area contributed by atoms with Crippen LogP contribution in [0.5, 0.6) is 0 Å². The van der Waals surface area contributed by atoms with E-state index in [-0.39, 0.29) is 17.2 Å². The van der Waals surface area contributed by atoms with Gasteiger partial charge in [0, 0.05) is 21.4 Å². The third-order valence-electron chi connectivity index (χ3n) is 5.31. The van der Waals surface area contributed by atoms with Gasteiger partial charge in [-0.05, 0) is 54.4 Å². The Kier molecular flexibility index (Phi) is 7.67. The van der Waals surface area contributed by atoms with Crippen molar-refractivity contribution in [3.05, 3.63) is 105 Å². The summed E-state index contributed by atoms with van der Waals surface area (Å²) >= 11 is 13.4. The molecule has 0 spiro atoms. The van der Waals surface area contributed by atoms with Crippen molar-refractivity contribution in [2.75, 3.05) is 16.0 Å². The van der Waals surface area contributed by atoms with Gasteiger partial charge in [-0.1, -0.05) is 71.4 Å². The number of carbonyl (C=O) groups is 2. The largest absolute Gasteiger partial charge is 0.327 e. The molecule has 1 aliphatic rings. The summed E-state index contributed by atoms with van der Waals surface area (Å²) in [5.74, 6) is -0.815. The molecule has 0 bridgehead atoms. The van der Waals surface area contributed by atoms with Gasteiger partial charge in [0.15, 0.2) is 0 Å². The van der Waals surface area contributed by atoms with E-state index >= 15 is 0 Å². The van der Waals surface area contributed by atoms with E-state index in [0.29, 0.717) is 20.8 Å². The molecule has 1 atom stereocenters. The maximum Gasteiger partial charge on any atom is 0.266 e. The first-order valence-electron chi connectivity index (χ1n) is 10.6. The smallest absolute Gasteiger partial charge is 0.266 e. The summed E-state index contributed by atoms with van der Waals surface area (Å²) < 4.78 is 0. The molecule has 176 valence electrons. The van der Waals surface area contributed by atoms with Crippen molar-refractivity contribution < 1.29 is 9.59 Å². The van der Waals surface area contributed by atoms with Crippen molar-refractivity contribution in [3.63, 3.8) is 0 Å². The average molecular weight is 523 g/mol. The van der Waals surface area contributed by atoms with Crippen molar-refractivity contribution in [1.29, 1.82) is 5.26 Å². The molecule has 0 aromatic heterocycles. The van der Waals surface area contributed by atoms with E-state index < -0.39 is 12.1 Å². The molecule has 9 heteroatoms. The number of para-hydroxylation sites is 1. The van der Waals surface area contributed by atoms with Crippen LogP contribution < -0.4 is 15.5 Å². The Labute approximate surface area is 217 Å². The molecular weight excluding hydrogens is 503 g/mol. The van der Waals surface area contributed by atoms with Gasteiger partial charge >= 0.3 is 0 Å². The number of nitrogens with zero attached hydrogens (tertiary/aromatic N) is 2. The Hall–Kier alpha value is -3.44. The van der Waals surface area contributed by atoms with Crippen LogP contribution in [0.15, 0.2) is 83.4 Å². The lowest BCUT2D eigenvalue weighted by atomic mass is 10.1. The van der Waals surface area contributed by atoms with Gasteiger partial charge in [0.25, 0.3) is 5.91 Å². The first-order valence-corrected chi connectivity index (χ1v) is 12.4. The number of halogens is 2. The number of rotatable bonds is 6. The molecule has 0 aliphatic carbocycles. The number of thioether (sulfide) groups is 1. The van der Waals surface area contributed by atoms with Gasteiger partial charge in [0.05, 0.1) is 5.75 Å². The van der Waals surface area contributed by atoms with Crippen LogP contribution in [0.1, 0.15) is 17.3 Å². The van der Waals surface area contributed by atoms with Crippen LogP contribution in [0.2, 0.25) is 10.0 Å². The van der Waals surface area contributed by atoms with E-state index in [4.69, 9.17) is 23.2 Å². The summed E-state index contributed by atoms with van der Waals surface area (Å²) in [4.78, 5) is 27.5. The standard InChI is InChI=1S/C26H20Cl2N4O2S/c1-16-7-12-19(13-22(16)28)30-23(33)15-35-26-21(14-29)25(34)31-24(17-8-10-18(27)11-9-17)32(26)20-5-3-2-4-6-20/h2-13,24H,15H2,1H3,(H,30,33)(H,31,34)/t24-/m1/s1. The highest BCUT2D eigenvalue weighted by molar-refractivity contribution is 8.03. The summed E-state index contributed by atoms with van der Waals surface area (Å²) in [5.41, 5.74) is 2.95. The maximum atomic E-state index is 12.9. The minimum atomic E-state index is -0.597. The fourth-order valence-corrected chi connectivity index (χ4v) is 4.85. The van der Waals surface area contributed by atoms with E-state index in [1.54, 1.807) is 24.3 Å². The second-order valence-electron chi connectivity index (χ2n) is 7.73. The van der Waals surface area contributed by atoms with E-state index in [2.05, 4.69) is 10.6 Å². The van der Waals surface area contributed by atoms with E-state index in [1.165, 1.54) is 0 Å². The van der Waals surface area contributed by atoms with Crippen molar-refractivity contribution >= 4 is 58.2 Å². The predicted molar refractivity (Wildman–Crippen MR) is 141 cm³/mol. The van der Waals surface area contributed by atoms with Crippen LogP contribution in [0, 0.1) is 18.3 Å². The molecule has 6 nitrogen and oxygen atoms in total. The highest BCUT2D eigenvalue weighted by Gasteiger charge is 2.36. The van der Waals surface area contributed by atoms with Gasteiger partial charge in [-0.3, -0.25) is 9.59 Å². The summed E-state index contributed by atoms with van der Waals surface area (Å²) in [7, 11) is 0. The molecular formula is C26H20Cl2N4O2S. The van der Waals surface area contributed by atoms with Crippen LogP contribution in [0.3, 0.4) is 0 Å². The molecule has 35 heavy (non-hydrogen) atoms. The maximum absolute atomic E-state index is 12.9. The van der Waals surface area contributed by atoms with E-state index in [9.17, 15) is 14.9 Å². The highest BCUT2D eigenvalue weighted by Crippen LogP contribution is 2.39. The molecule has 2 amide bonds. The van der Waals surface area contributed by atoms with Gasteiger partial charge < -0.3 is 15.5 Å². The zero-order valence-corrected chi connectivity index (χ0v) is 20.9. The molecule has 0 saturated heterocycles. The fourth-order valence-electron chi connectivity index (χ4n) is 3.57. The SMILES string of the molecule is Cc1ccc(NC(=O)CSC2=C(C#N)C(=O)N[C@@H](c3ccc(Cl)cc3)N2c2ccccc2)cc1Cl. The van der Waals surface area contributed by atoms with Crippen LogP contribution in [-0.4, -0.2) is 17.6 Å². The zero-order valence-electron chi connectivity index (χ0n) is 18.6. The van der Waals surface area contributed by atoms with Crippen LogP contribution in [0.4, 0.5) is 11.4 Å². The van der Waals surface area contributed by atoms with Crippen LogP contribution in [0.25, 0.3) is 0 Å². The molecule has 4 rings (SSSR count). The van der Waals surface area contributed by atoms with Crippen molar-refractivity contribution in [2.45, 2.75) is 13.1 Å². The van der Waals surface area contributed by atoms with Gasteiger partial charge in [0.2, 0.25) is 5.91 Å². The van der Waals surface area contributed by atoms with E-state index in [0.717, 1.165) is 28.6 Å². The molecule has 2 N–H and O–H groups in total. The molecule has 0 fully saturated rings. The summed E-state index contributed by atoms with van der Waals surface area (Å²) in [6.07, 6.45) is -0.597. The summed E-state index contributed by atoms with van der Waals surface area (Å²) in [6.45, 7) is 1.88. The van der Waals surface area contributed by atoms with Crippen molar-refractivity contribution in [3.8, 4) is 6.07 Å². The van der Waals surface area contributed by atoms with Crippen molar-refractivity contribution in [1.82, 2.24) is 5.32 Å². The number of hydrogen-bond donors (Lipinski definition) is 2. The number of benzene rings is 3. The summed E-state index contributed by atoms with van der Waals surface area (Å²) in [5, 5.41) is 17.0. The van der Waals surface area contributed by atoms with Crippen molar-refractivity contribution in [2.24, 2.45) is 0 Å². The minimum absolute atomic E-state index is 0.0179. The second-order valence-corrected chi connectivity index (χ2v) is 9.53. The van der Waals surface area contributed by atoms with Gasteiger partial charge in [-0.2, -0.15) is 5.26 Å². The van der Waals surface area contributed by atoms with Gasteiger partial charge in [-0.25, -0.2) is 0 Å².